The summed E-state index contributed by atoms with van der Waals surface area (Å²) in [6, 6.07) is 1.46. The highest BCUT2D eigenvalue weighted by atomic mass is 19.4. The van der Waals surface area contributed by atoms with E-state index < -0.39 is 46.8 Å². The molecule has 0 aliphatic rings. The second-order valence-electron chi connectivity index (χ2n) is 6.49. The highest BCUT2D eigenvalue weighted by molar-refractivity contribution is 5.77. The molecular weight excluding hydrogens is 352 g/mol. The first kappa shape index (κ1) is 21.3. The lowest BCUT2D eigenvalue weighted by atomic mass is 9.79. The molecule has 0 heterocycles. The zero-order valence-corrected chi connectivity index (χ0v) is 13.8. The van der Waals surface area contributed by atoms with Gasteiger partial charge in [-0.15, -0.1) is 0 Å². The summed E-state index contributed by atoms with van der Waals surface area (Å²) in [6.45, 7) is 4.15. The Kier molecular flexibility index (Phi) is 5.83. The number of carboxylic acid groups (broad SMARTS) is 1. The highest BCUT2D eigenvalue weighted by Crippen LogP contribution is 2.42. The minimum atomic E-state index is -4.97. The third-order valence-electron chi connectivity index (χ3n) is 4.26. The van der Waals surface area contributed by atoms with E-state index in [4.69, 9.17) is 10.8 Å². The van der Waals surface area contributed by atoms with Crippen molar-refractivity contribution in [2.24, 2.45) is 11.7 Å². The SMILES string of the molecule is CC(CC(C)(N)C(=O)O)C(C)c1ccc(C(F)(F)F)cc1C(F)(F)F. The van der Waals surface area contributed by atoms with Crippen LogP contribution in [0.2, 0.25) is 0 Å². The number of aliphatic carboxylic acids is 1. The Hall–Kier alpha value is -1.77. The quantitative estimate of drug-likeness (QED) is 0.741. The van der Waals surface area contributed by atoms with Crippen LogP contribution in [0.1, 0.15) is 49.8 Å². The van der Waals surface area contributed by atoms with E-state index in [9.17, 15) is 31.1 Å². The predicted octanol–water partition coefficient (Wildman–Crippen LogP) is 4.66. The van der Waals surface area contributed by atoms with Gasteiger partial charge in [-0.2, -0.15) is 26.3 Å². The lowest BCUT2D eigenvalue weighted by molar-refractivity contribution is -0.145. The number of halogens is 6. The third-order valence-corrected chi connectivity index (χ3v) is 4.26. The van der Waals surface area contributed by atoms with Crippen LogP contribution in [0.5, 0.6) is 0 Å². The number of carboxylic acids is 1. The Morgan fingerprint density at radius 1 is 1.12 bits per heavy atom. The van der Waals surface area contributed by atoms with Gasteiger partial charge in [-0.1, -0.05) is 19.9 Å². The van der Waals surface area contributed by atoms with Gasteiger partial charge in [0.25, 0.3) is 0 Å². The summed E-state index contributed by atoms with van der Waals surface area (Å²) in [7, 11) is 0. The Bertz CT molecular complexity index is 636. The smallest absolute Gasteiger partial charge is 0.416 e. The summed E-state index contributed by atoms with van der Waals surface area (Å²) in [5, 5.41) is 9.02. The van der Waals surface area contributed by atoms with Gasteiger partial charge in [0.2, 0.25) is 0 Å². The van der Waals surface area contributed by atoms with Crippen molar-refractivity contribution in [2.75, 3.05) is 0 Å². The van der Waals surface area contributed by atoms with E-state index in [-0.39, 0.29) is 18.1 Å². The average molecular weight is 371 g/mol. The number of benzene rings is 1. The summed E-state index contributed by atoms with van der Waals surface area (Å²) in [4.78, 5) is 11.1. The second kappa shape index (κ2) is 6.86. The molecule has 3 nitrogen and oxygen atoms in total. The van der Waals surface area contributed by atoms with Crippen molar-refractivity contribution >= 4 is 5.97 Å². The number of rotatable bonds is 5. The van der Waals surface area contributed by atoms with E-state index in [2.05, 4.69) is 0 Å². The first-order valence-corrected chi connectivity index (χ1v) is 7.38. The normalized spacial score (nSPS) is 17.7. The fourth-order valence-electron chi connectivity index (χ4n) is 2.61. The summed E-state index contributed by atoms with van der Waals surface area (Å²) in [6.07, 6.45) is -10.0. The van der Waals surface area contributed by atoms with Crippen LogP contribution in [0.25, 0.3) is 0 Å². The maximum atomic E-state index is 13.2. The zero-order valence-electron chi connectivity index (χ0n) is 13.8. The molecule has 0 amide bonds. The Morgan fingerprint density at radius 3 is 2.04 bits per heavy atom. The van der Waals surface area contributed by atoms with Crippen LogP contribution in [0.3, 0.4) is 0 Å². The molecule has 25 heavy (non-hydrogen) atoms. The molecule has 0 saturated carbocycles. The molecule has 0 aromatic heterocycles. The van der Waals surface area contributed by atoms with Gasteiger partial charge in [0.1, 0.15) is 5.54 Å². The van der Waals surface area contributed by atoms with Gasteiger partial charge < -0.3 is 10.8 Å². The Labute approximate surface area is 140 Å². The van der Waals surface area contributed by atoms with Crippen LogP contribution in [0.15, 0.2) is 18.2 Å². The van der Waals surface area contributed by atoms with Crippen LogP contribution in [-0.4, -0.2) is 16.6 Å². The van der Waals surface area contributed by atoms with Crippen molar-refractivity contribution in [2.45, 2.75) is 51.0 Å². The number of alkyl halides is 6. The first-order valence-electron chi connectivity index (χ1n) is 7.38. The number of hydrogen-bond donors (Lipinski definition) is 2. The van der Waals surface area contributed by atoms with Crippen molar-refractivity contribution < 1.29 is 36.2 Å². The van der Waals surface area contributed by atoms with Crippen LogP contribution in [-0.2, 0) is 17.1 Å². The standard InChI is InChI=1S/C16H19F6NO2/c1-8(7-14(3,23)13(24)25)9(2)11-5-4-10(15(17,18)19)6-12(11)16(20,21)22/h4-6,8-9H,7,23H2,1-3H3,(H,24,25). The summed E-state index contributed by atoms with van der Waals surface area (Å²) >= 11 is 0. The molecule has 0 radical (unpaired) electrons. The molecule has 0 bridgehead atoms. The molecule has 0 aliphatic carbocycles. The summed E-state index contributed by atoms with van der Waals surface area (Å²) in [5.41, 5.74) is 0.861. The molecule has 3 unspecified atom stereocenters. The van der Waals surface area contributed by atoms with Gasteiger partial charge >= 0.3 is 18.3 Å². The monoisotopic (exact) mass is 371 g/mol. The van der Waals surface area contributed by atoms with Gasteiger partial charge in [0.05, 0.1) is 11.1 Å². The molecule has 0 spiro atoms. The van der Waals surface area contributed by atoms with Gasteiger partial charge in [-0.05, 0) is 42.9 Å². The van der Waals surface area contributed by atoms with Crippen molar-refractivity contribution in [3.8, 4) is 0 Å². The summed E-state index contributed by atoms with van der Waals surface area (Å²) in [5.74, 6) is -2.76. The zero-order chi connectivity index (χ0) is 19.8. The number of hydrogen-bond acceptors (Lipinski definition) is 2. The lowest BCUT2D eigenvalue weighted by Crippen LogP contribution is -2.46. The molecule has 142 valence electrons. The van der Waals surface area contributed by atoms with Gasteiger partial charge in [0, 0.05) is 0 Å². The van der Waals surface area contributed by atoms with E-state index >= 15 is 0 Å². The molecule has 1 rings (SSSR count). The van der Waals surface area contributed by atoms with E-state index in [0.29, 0.717) is 6.07 Å². The largest absolute Gasteiger partial charge is 0.480 e. The minimum Gasteiger partial charge on any atom is -0.480 e. The summed E-state index contributed by atoms with van der Waals surface area (Å²) < 4.78 is 77.8. The van der Waals surface area contributed by atoms with E-state index in [1.807, 2.05) is 0 Å². The molecule has 9 heteroatoms. The maximum absolute atomic E-state index is 13.2. The predicted molar refractivity (Wildman–Crippen MR) is 78.9 cm³/mol. The van der Waals surface area contributed by atoms with E-state index in [1.54, 1.807) is 0 Å². The molecule has 1 aromatic carbocycles. The van der Waals surface area contributed by atoms with E-state index in [1.165, 1.54) is 20.8 Å². The van der Waals surface area contributed by atoms with Crippen LogP contribution < -0.4 is 5.73 Å². The van der Waals surface area contributed by atoms with Crippen molar-refractivity contribution in [3.63, 3.8) is 0 Å². The second-order valence-corrected chi connectivity index (χ2v) is 6.49. The van der Waals surface area contributed by atoms with Crippen molar-refractivity contribution in [1.29, 1.82) is 0 Å². The van der Waals surface area contributed by atoms with Crippen molar-refractivity contribution in [3.05, 3.63) is 34.9 Å². The molecule has 3 atom stereocenters. The van der Waals surface area contributed by atoms with Crippen LogP contribution in [0, 0.1) is 5.92 Å². The molecule has 3 N–H and O–H groups in total. The van der Waals surface area contributed by atoms with Gasteiger partial charge in [-0.25, -0.2) is 0 Å². The fraction of sp³-hybridized carbons (Fsp3) is 0.562. The first-order chi connectivity index (χ1) is 11.1. The number of carbonyl (C=O) groups is 1. The van der Waals surface area contributed by atoms with Crippen LogP contribution >= 0.6 is 0 Å². The highest BCUT2D eigenvalue weighted by Gasteiger charge is 2.40. The third kappa shape index (κ3) is 5.10. The lowest BCUT2D eigenvalue weighted by Gasteiger charge is -2.29. The topological polar surface area (TPSA) is 63.3 Å². The molecule has 0 aliphatic heterocycles. The Morgan fingerprint density at radius 2 is 1.64 bits per heavy atom. The Balaban J connectivity index is 3.29. The maximum Gasteiger partial charge on any atom is 0.416 e. The molecule has 1 aromatic rings. The van der Waals surface area contributed by atoms with Gasteiger partial charge in [0.15, 0.2) is 0 Å². The molecule has 0 fully saturated rings. The minimum absolute atomic E-state index is 0.0807. The average Bonchev–Trinajstić information content (AvgIpc) is 2.43. The number of nitrogens with two attached hydrogens (primary N) is 1. The van der Waals surface area contributed by atoms with Gasteiger partial charge in [-0.3, -0.25) is 4.79 Å². The van der Waals surface area contributed by atoms with Crippen molar-refractivity contribution in [1.82, 2.24) is 0 Å². The van der Waals surface area contributed by atoms with Crippen LogP contribution in [0.4, 0.5) is 26.3 Å². The molecular formula is C16H19F6NO2. The van der Waals surface area contributed by atoms with E-state index in [0.717, 1.165) is 6.07 Å². The molecule has 0 saturated heterocycles. The fourth-order valence-corrected chi connectivity index (χ4v) is 2.61.